The number of methoxy groups -OCH3 is 1. The van der Waals surface area contributed by atoms with Crippen molar-refractivity contribution < 1.29 is 14.3 Å². The minimum Gasteiger partial charge on any atom is -0.465 e. The zero-order valence-electron chi connectivity index (χ0n) is 11.9. The maximum Gasteiger partial charge on any atom is 0.337 e. The number of benzene rings is 1. The van der Waals surface area contributed by atoms with Crippen molar-refractivity contribution in [1.82, 2.24) is 4.90 Å². The Morgan fingerprint density at radius 2 is 2.00 bits per heavy atom. The van der Waals surface area contributed by atoms with Crippen molar-refractivity contribution in [3.63, 3.8) is 0 Å². The van der Waals surface area contributed by atoms with E-state index < -0.39 is 5.41 Å². The van der Waals surface area contributed by atoms with Crippen LogP contribution >= 0.6 is 0 Å². The van der Waals surface area contributed by atoms with Crippen LogP contribution in [0.25, 0.3) is 0 Å². The Morgan fingerprint density at radius 3 is 2.50 bits per heavy atom. The molecule has 1 aliphatic rings. The maximum absolute atomic E-state index is 11.4. The average molecular weight is 276 g/mol. The summed E-state index contributed by atoms with van der Waals surface area (Å²) in [6, 6.07) is 7.33. The van der Waals surface area contributed by atoms with Gasteiger partial charge in [-0.1, -0.05) is 12.1 Å². The van der Waals surface area contributed by atoms with Crippen molar-refractivity contribution in [2.45, 2.75) is 19.9 Å². The molecule has 1 aromatic carbocycles. The van der Waals surface area contributed by atoms with E-state index in [2.05, 4.69) is 9.64 Å². The first kappa shape index (κ1) is 14.5. The summed E-state index contributed by atoms with van der Waals surface area (Å²) >= 11 is 0. The number of esters is 1. The number of ether oxygens (including phenoxy) is 1. The van der Waals surface area contributed by atoms with Crippen LogP contribution in [0.5, 0.6) is 0 Å². The summed E-state index contributed by atoms with van der Waals surface area (Å²) in [5.74, 6) is -0.569. The molecule has 1 fully saturated rings. The zero-order chi connectivity index (χ0) is 14.8. The second-order valence-corrected chi connectivity index (χ2v) is 5.57. The lowest BCUT2D eigenvalue weighted by molar-refractivity contribution is -0.126. The molecule has 1 unspecified atom stereocenters. The predicted octanol–water partition coefficient (Wildman–Crippen LogP) is 1.17. The van der Waals surface area contributed by atoms with Gasteiger partial charge in [0.05, 0.1) is 18.1 Å². The third kappa shape index (κ3) is 2.99. The van der Waals surface area contributed by atoms with Crippen LogP contribution in [0.1, 0.15) is 29.3 Å². The van der Waals surface area contributed by atoms with Gasteiger partial charge in [-0.3, -0.25) is 9.69 Å². The number of carbonyl (C=O) groups is 2. The van der Waals surface area contributed by atoms with Crippen LogP contribution in [0, 0.1) is 5.41 Å². The predicted molar refractivity (Wildman–Crippen MR) is 75.0 cm³/mol. The Hall–Kier alpha value is -1.88. The van der Waals surface area contributed by atoms with Crippen LogP contribution < -0.4 is 5.73 Å². The first-order chi connectivity index (χ1) is 9.44. The Kier molecular flexibility index (Phi) is 4.09. The molecule has 5 heteroatoms. The molecule has 1 heterocycles. The molecule has 1 saturated heterocycles. The highest BCUT2D eigenvalue weighted by Crippen LogP contribution is 2.30. The minimum atomic E-state index is -0.425. The number of likely N-dealkylation sites (tertiary alicyclic amines) is 1. The highest BCUT2D eigenvalue weighted by Gasteiger charge is 2.38. The van der Waals surface area contributed by atoms with Gasteiger partial charge in [0, 0.05) is 13.1 Å². The minimum absolute atomic E-state index is 0.235. The highest BCUT2D eigenvalue weighted by molar-refractivity contribution is 5.89. The first-order valence-electron chi connectivity index (χ1n) is 6.64. The van der Waals surface area contributed by atoms with Gasteiger partial charge >= 0.3 is 5.97 Å². The molecule has 1 aromatic rings. The van der Waals surface area contributed by atoms with Gasteiger partial charge in [-0.2, -0.15) is 0 Å². The third-order valence-electron chi connectivity index (χ3n) is 3.93. The van der Waals surface area contributed by atoms with E-state index >= 15 is 0 Å². The largest absolute Gasteiger partial charge is 0.465 e. The molecule has 0 saturated carbocycles. The Balaban J connectivity index is 1.98. The van der Waals surface area contributed by atoms with Crippen LogP contribution in [0.15, 0.2) is 24.3 Å². The number of nitrogens with zero attached hydrogens (tertiary/aromatic N) is 1. The van der Waals surface area contributed by atoms with Gasteiger partial charge in [0.2, 0.25) is 5.91 Å². The van der Waals surface area contributed by atoms with Gasteiger partial charge in [0.15, 0.2) is 0 Å². The molecule has 0 radical (unpaired) electrons. The third-order valence-corrected chi connectivity index (χ3v) is 3.93. The molecule has 1 atom stereocenters. The van der Waals surface area contributed by atoms with E-state index in [1.807, 2.05) is 19.1 Å². The fourth-order valence-electron chi connectivity index (χ4n) is 2.51. The fraction of sp³-hybridized carbons (Fsp3) is 0.467. The quantitative estimate of drug-likeness (QED) is 0.838. The van der Waals surface area contributed by atoms with Crippen molar-refractivity contribution in [3.8, 4) is 0 Å². The van der Waals surface area contributed by atoms with Crippen molar-refractivity contribution in [2.24, 2.45) is 11.1 Å². The molecule has 0 aromatic heterocycles. The monoisotopic (exact) mass is 276 g/mol. The first-order valence-corrected chi connectivity index (χ1v) is 6.64. The van der Waals surface area contributed by atoms with Crippen molar-refractivity contribution >= 4 is 11.9 Å². The lowest BCUT2D eigenvalue weighted by Crippen LogP contribution is -2.36. The summed E-state index contributed by atoms with van der Waals surface area (Å²) in [6.45, 7) is 4.21. The number of amides is 1. The normalized spacial score (nSPS) is 22.7. The maximum atomic E-state index is 11.4. The highest BCUT2D eigenvalue weighted by atomic mass is 16.5. The van der Waals surface area contributed by atoms with E-state index in [-0.39, 0.29) is 11.9 Å². The van der Waals surface area contributed by atoms with Gasteiger partial charge in [-0.25, -0.2) is 4.79 Å². The molecule has 5 nitrogen and oxygen atoms in total. The summed E-state index contributed by atoms with van der Waals surface area (Å²) in [5.41, 5.74) is 6.66. The molecule has 0 spiro atoms. The van der Waals surface area contributed by atoms with Gasteiger partial charge in [-0.15, -0.1) is 0 Å². The zero-order valence-corrected chi connectivity index (χ0v) is 11.9. The molecule has 1 aliphatic heterocycles. The second kappa shape index (κ2) is 5.63. The van der Waals surface area contributed by atoms with E-state index in [9.17, 15) is 9.59 Å². The van der Waals surface area contributed by atoms with E-state index in [4.69, 9.17) is 5.73 Å². The van der Waals surface area contributed by atoms with Crippen LogP contribution in [-0.2, 0) is 16.1 Å². The van der Waals surface area contributed by atoms with E-state index in [0.717, 1.165) is 25.1 Å². The van der Waals surface area contributed by atoms with Crippen LogP contribution in [0.4, 0.5) is 0 Å². The molecule has 0 bridgehead atoms. The number of primary amides is 1. The topological polar surface area (TPSA) is 72.6 Å². The standard InChI is InChI=1S/C15H20N2O3/c1-15(14(16)19)7-8-17(10-15)9-11-3-5-12(6-4-11)13(18)20-2/h3-6H,7-10H2,1-2H3,(H2,16,19). The van der Waals surface area contributed by atoms with Crippen molar-refractivity contribution in [3.05, 3.63) is 35.4 Å². The van der Waals surface area contributed by atoms with Gasteiger partial charge in [-0.05, 0) is 37.6 Å². The molecular formula is C15H20N2O3. The number of hydrogen-bond donors (Lipinski definition) is 1. The smallest absolute Gasteiger partial charge is 0.337 e. The number of nitrogens with two attached hydrogens (primary N) is 1. The Labute approximate surface area is 118 Å². The molecule has 2 N–H and O–H groups in total. The Morgan fingerprint density at radius 1 is 1.35 bits per heavy atom. The summed E-state index contributed by atoms with van der Waals surface area (Å²) < 4.78 is 4.66. The molecule has 1 amide bonds. The van der Waals surface area contributed by atoms with Crippen LogP contribution in [0.3, 0.4) is 0 Å². The molecule has 108 valence electrons. The molecule has 2 rings (SSSR count). The van der Waals surface area contributed by atoms with Crippen molar-refractivity contribution in [1.29, 1.82) is 0 Å². The lowest BCUT2D eigenvalue weighted by Gasteiger charge is -2.21. The van der Waals surface area contributed by atoms with E-state index in [1.54, 1.807) is 12.1 Å². The number of hydrogen-bond acceptors (Lipinski definition) is 4. The second-order valence-electron chi connectivity index (χ2n) is 5.57. The van der Waals surface area contributed by atoms with Gasteiger partial charge in [0.1, 0.15) is 0 Å². The van der Waals surface area contributed by atoms with Crippen LogP contribution in [-0.4, -0.2) is 37.0 Å². The summed E-state index contributed by atoms with van der Waals surface area (Å²) in [7, 11) is 1.37. The summed E-state index contributed by atoms with van der Waals surface area (Å²) in [6.07, 6.45) is 0.794. The lowest BCUT2D eigenvalue weighted by atomic mass is 9.89. The fourth-order valence-corrected chi connectivity index (χ4v) is 2.51. The summed E-state index contributed by atoms with van der Waals surface area (Å²) in [5, 5.41) is 0. The van der Waals surface area contributed by atoms with Gasteiger partial charge < -0.3 is 10.5 Å². The molecule has 20 heavy (non-hydrogen) atoms. The number of rotatable bonds is 4. The molecular weight excluding hydrogens is 256 g/mol. The van der Waals surface area contributed by atoms with Crippen molar-refractivity contribution in [2.75, 3.05) is 20.2 Å². The van der Waals surface area contributed by atoms with E-state index in [0.29, 0.717) is 12.1 Å². The SMILES string of the molecule is COC(=O)c1ccc(CN2CCC(C)(C(N)=O)C2)cc1. The average Bonchev–Trinajstić information content (AvgIpc) is 2.82. The molecule has 0 aliphatic carbocycles. The Bertz CT molecular complexity index is 512. The number of carbonyl (C=O) groups excluding carboxylic acids is 2. The van der Waals surface area contributed by atoms with Gasteiger partial charge in [0.25, 0.3) is 0 Å². The summed E-state index contributed by atoms with van der Waals surface area (Å²) in [4.78, 5) is 25.0. The van der Waals surface area contributed by atoms with Crippen LogP contribution in [0.2, 0.25) is 0 Å². The van der Waals surface area contributed by atoms with E-state index in [1.165, 1.54) is 7.11 Å².